The van der Waals surface area contributed by atoms with E-state index in [2.05, 4.69) is 21.5 Å². The van der Waals surface area contributed by atoms with Gasteiger partial charge in [-0.2, -0.15) is 5.10 Å². The van der Waals surface area contributed by atoms with E-state index in [0.717, 1.165) is 33.7 Å². The van der Waals surface area contributed by atoms with E-state index < -0.39 is 0 Å². The molecule has 5 heteroatoms. The van der Waals surface area contributed by atoms with Gasteiger partial charge in [-0.05, 0) is 31.4 Å². The van der Waals surface area contributed by atoms with Crippen LogP contribution >= 0.6 is 0 Å². The first-order valence-corrected chi connectivity index (χ1v) is 9.02. The highest BCUT2D eigenvalue weighted by atomic mass is 16.1. The van der Waals surface area contributed by atoms with Gasteiger partial charge >= 0.3 is 0 Å². The fourth-order valence-corrected chi connectivity index (χ4v) is 3.94. The van der Waals surface area contributed by atoms with Crippen molar-refractivity contribution >= 4 is 22.6 Å². The molecule has 2 N–H and O–H groups in total. The molecule has 0 bridgehead atoms. The van der Waals surface area contributed by atoms with Crippen LogP contribution in [0.25, 0.3) is 10.9 Å². The zero-order valence-electron chi connectivity index (χ0n) is 14.8. The average molecular weight is 336 g/mol. The third-order valence-electron chi connectivity index (χ3n) is 5.30. The van der Waals surface area contributed by atoms with E-state index in [-0.39, 0.29) is 5.91 Å². The number of carbonyl (C=O) groups excluding carboxylic acids is 1. The molecule has 1 amide bonds. The van der Waals surface area contributed by atoms with Crippen molar-refractivity contribution in [3.05, 3.63) is 47.3 Å². The number of rotatable bonds is 4. The summed E-state index contributed by atoms with van der Waals surface area (Å²) in [5.74, 6) is 1.32. The van der Waals surface area contributed by atoms with Crippen LogP contribution in [-0.2, 0) is 18.3 Å². The summed E-state index contributed by atoms with van der Waals surface area (Å²) in [5, 5.41) is 8.76. The normalized spacial score (nSPS) is 15.1. The number of amides is 1. The molecule has 0 aliphatic heterocycles. The second-order valence-electron chi connectivity index (χ2n) is 7.06. The SMILES string of the molecule is Cc1[nH]c2ccccc2c1CC(=O)Nc1cc(C2CCCC2)nn1C. The lowest BCUT2D eigenvalue weighted by Crippen LogP contribution is -2.17. The third kappa shape index (κ3) is 3.06. The van der Waals surface area contributed by atoms with E-state index >= 15 is 0 Å². The molecular formula is C20H24N4O. The predicted molar refractivity (Wildman–Crippen MR) is 99.8 cm³/mol. The fourth-order valence-electron chi connectivity index (χ4n) is 3.94. The van der Waals surface area contributed by atoms with Crippen LogP contribution in [0.2, 0.25) is 0 Å². The Morgan fingerprint density at radius 3 is 2.88 bits per heavy atom. The molecular weight excluding hydrogens is 312 g/mol. The van der Waals surface area contributed by atoms with Gasteiger partial charge in [-0.1, -0.05) is 31.0 Å². The van der Waals surface area contributed by atoms with Gasteiger partial charge in [0.05, 0.1) is 12.1 Å². The van der Waals surface area contributed by atoms with Crippen LogP contribution in [0.3, 0.4) is 0 Å². The van der Waals surface area contributed by atoms with Gasteiger partial charge < -0.3 is 10.3 Å². The Balaban J connectivity index is 1.51. The molecule has 0 spiro atoms. The van der Waals surface area contributed by atoms with Crippen LogP contribution in [-0.4, -0.2) is 20.7 Å². The summed E-state index contributed by atoms with van der Waals surface area (Å²) >= 11 is 0. The highest BCUT2D eigenvalue weighted by molar-refractivity contribution is 5.96. The minimum atomic E-state index is -0.00572. The molecule has 5 nitrogen and oxygen atoms in total. The molecule has 2 aromatic heterocycles. The number of benzene rings is 1. The number of H-pyrrole nitrogens is 1. The number of carbonyl (C=O) groups is 1. The molecule has 1 aromatic carbocycles. The van der Waals surface area contributed by atoms with Crippen molar-refractivity contribution in [3.8, 4) is 0 Å². The molecule has 1 fully saturated rings. The predicted octanol–water partition coefficient (Wildman–Crippen LogP) is 4.05. The van der Waals surface area contributed by atoms with Crippen LogP contribution in [0.5, 0.6) is 0 Å². The van der Waals surface area contributed by atoms with Crippen LogP contribution in [0, 0.1) is 6.92 Å². The van der Waals surface area contributed by atoms with E-state index in [1.165, 1.54) is 25.7 Å². The topological polar surface area (TPSA) is 62.7 Å². The smallest absolute Gasteiger partial charge is 0.230 e. The second-order valence-corrected chi connectivity index (χ2v) is 7.06. The van der Waals surface area contributed by atoms with Crippen molar-refractivity contribution in [3.63, 3.8) is 0 Å². The number of aryl methyl sites for hydroxylation is 2. The number of anilines is 1. The first-order chi connectivity index (χ1) is 12.1. The minimum absolute atomic E-state index is 0.00572. The van der Waals surface area contributed by atoms with Crippen molar-refractivity contribution in [1.29, 1.82) is 0 Å². The van der Waals surface area contributed by atoms with Crippen molar-refractivity contribution in [1.82, 2.24) is 14.8 Å². The van der Waals surface area contributed by atoms with Gasteiger partial charge in [0.25, 0.3) is 0 Å². The van der Waals surface area contributed by atoms with Gasteiger partial charge in [-0.3, -0.25) is 9.48 Å². The van der Waals surface area contributed by atoms with Gasteiger partial charge in [0.15, 0.2) is 0 Å². The molecule has 130 valence electrons. The van der Waals surface area contributed by atoms with E-state index in [4.69, 9.17) is 0 Å². The molecule has 25 heavy (non-hydrogen) atoms. The van der Waals surface area contributed by atoms with Crippen LogP contribution in [0.15, 0.2) is 30.3 Å². The maximum atomic E-state index is 12.6. The Bertz CT molecular complexity index is 915. The van der Waals surface area contributed by atoms with Gasteiger partial charge in [-0.25, -0.2) is 0 Å². The van der Waals surface area contributed by atoms with E-state index in [1.807, 2.05) is 38.2 Å². The summed E-state index contributed by atoms with van der Waals surface area (Å²) < 4.78 is 1.79. The number of nitrogens with one attached hydrogen (secondary N) is 2. The van der Waals surface area contributed by atoms with E-state index in [9.17, 15) is 4.79 Å². The highest BCUT2D eigenvalue weighted by Gasteiger charge is 2.21. The molecule has 1 aliphatic carbocycles. The minimum Gasteiger partial charge on any atom is -0.358 e. The van der Waals surface area contributed by atoms with Crippen molar-refractivity contribution in [2.45, 2.75) is 44.9 Å². The Morgan fingerprint density at radius 2 is 2.08 bits per heavy atom. The molecule has 0 radical (unpaired) electrons. The van der Waals surface area contributed by atoms with Crippen LogP contribution in [0.4, 0.5) is 5.82 Å². The largest absolute Gasteiger partial charge is 0.358 e. The molecule has 1 aliphatic rings. The van der Waals surface area contributed by atoms with Gasteiger partial charge in [0, 0.05) is 35.6 Å². The van der Waals surface area contributed by atoms with Crippen molar-refractivity contribution < 1.29 is 4.79 Å². The first-order valence-electron chi connectivity index (χ1n) is 9.02. The molecule has 3 aromatic rings. The highest BCUT2D eigenvalue weighted by Crippen LogP contribution is 2.34. The number of aromatic nitrogens is 3. The van der Waals surface area contributed by atoms with Crippen molar-refractivity contribution in [2.75, 3.05) is 5.32 Å². The second kappa shape index (κ2) is 6.39. The number of aromatic amines is 1. The molecule has 2 heterocycles. The zero-order valence-corrected chi connectivity index (χ0v) is 14.8. The summed E-state index contributed by atoms with van der Waals surface area (Å²) in [6, 6.07) is 10.1. The first kappa shape index (κ1) is 15.9. The molecule has 0 unspecified atom stereocenters. The van der Waals surface area contributed by atoms with Gasteiger partial charge in [-0.15, -0.1) is 0 Å². The Labute approximate surface area is 147 Å². The summed E-state index contributed by atoms with van der Waals surface area (Å²) in [6.45, 7) is 2.02. The van der Waals surface area contributed by atoms with Crippen molar-refractivity contribution in [2.24, 2.45) is 7.05 Å². The average Bonchev–Trinajstić information content (AvgIpc) is 3.29. The number of nitrogens with zero attached hydrogens (tertiary/aromatic N) is 2. The zero-order chi connectivity index (χ0) is 17.4. The summed E-state index contributed by atoms with van der Waals surface area (Å²) in [7, 11) is 1.89. The summed E-state index contributed by atoms with van der Waals surface area (Å²) in [4.78, 5) is 15.9. The van der Waals surface area contributed by atoms with E-state index in [1.54, 1.807) is 4.68 Å². The number of para-hydroxylation sites is 1. The Morgan fingerprint density at radius 1 is 1.32 bits per heavy atom. The standard InChI is InChI=1S/C20H24N4O/c1-13-16(15-9-5-6-10-17(15)21-13)11-20(25)22-19-12-18(23-24(19)2)14-7-3-4-8-14/h5-6,9-10,12,14,21H,3-4,7-8,11H2,1-2H3,(H,22,25). The lowest BCUT2D eigenvalue weighted by molar-refractivity contribution is -0.115. The molecule has 1 saturated carbocycles. The lowest BCUT2D eigenvalue weighted by Gasteiger charge is -2.05. The van der Waals surface area contributed by atoms with Gasteiger partial charge in [0.2, 0.25) is 5.91 Å². The monoisotopic (exact) mass is 336 g/mol. The fraction of sp³-hybridized carbons (Fsp3) is 0.400. The number of hydrogen-bond donors (Lipinski definition) is 2. The number of fused-ring (bicyclic) bond motifs is 1. The quantitative estimate of drug-likeness (QED) is 0.755. The molecule has 0 saturated heterocycles. The summed E-state index contributed by atoms with van der Waals surface area (Å²) in [6.07, 6.45) is 5.34. The lowest BCUT2D eigenvalue weighted by atomic mass is 10.0. The Kier molecular flexibility index (Phi) is 4.07. The van der Waals surface area contributed by atoms with Crippen LogP contribution in [0.1, 0.15) is 48.6 Å². The molecule has 0 atom stereocenters. The number of hydrogen-bond acceptors (Lipinski definition) is 2. The van der Waals surface area contributed by atoms with E-state index in [0.29, 0.717) is 12.3 Å². The maximum absolute atomic E-state index is 12.6. The van der Waals surface area contributed by atoms with Gasteiger partial charge in [0.1, 0.15) is 5.82 Å². The Hall–Kier alpha value is -2.56. The molecule has 4 rings (SSSR count). The summed E-state index contributed by atoms with van der Waals surface area (Å²) in [5.41, 5.74) is 4.30. The van der Waals surface area contributed by atoms with Crippen LogP contribution < -0.4 is 5.32 Å². The maximum Gasteiger partial charge on any atom is 0.230 e. The third-order valence-corrected chi connectivity index (χ3v) is 5.30.